The summed E-state index contributed by atoms with van der Waals surface area (Å²) in [4.78, 5) is 4.72. The zero-order chi connectivity index (χ0) is 18.7. The number of aliphatic imine (C=N–C) groups is 1. The van der Waals surface area contributed by atoms with Gasteiger partial charge in [0.05, 0.1) is 25.4 Å². The fourth-order valence-electron chi connectivity index (χ4n) is 3.40. The van der Waals surface area contributed by atoms with E-state index in [4.69, 9.17) is 19.2 Å². The summed E-state index contributed by atoms with van der Waals surface area (Å²) in [6.07, 6.45) is 4.89. The molecule has 1 atom stereocenters. The Hall–Kier alpha value is -0.900. The Morgan fingerprint density at radius 2 is 1.96 bits per heavy atom. The third kappa shape index (κ3) is 8.23. The summed E-state index contributed by atoms with van der Waals surface area (Å²) >= 11 is 0. The van der Waals surface area contributed by atoms with Crippen LogP contribution in [-0.2, 0) is 27.4 Å². The lowest BCUT2D eigenvalue weighted by molar-refractivity contribution is -0.0390. The topological polar surface area (TPSA) is 64.1 Å². The maximum absolute atomic E-state index is 6.03. The summed E-state index contributed by atoms with van der Waals surface area (Å²) in [6, 6.07) is 8.51. The zero-order valence-corrected chi connectivity index (χ0v) is 19.2. The Labute approximate surface area is 185 Å². The van der Waals surface area contributed by atoms with Crippen LogP contribution in [0.25, 0.3) is 0 Å². The first-order valence-electron chi connectivity index (χ1n) is 10.2. The van der Waals surface area contributed by atoms with Gasteiger partial charge in [-0.05, 0) is 43.7 Å². The van der Waals surface area contributed by atoms with Crippen molar-refractivity contribution in [3.8, 4) is 0 Å². The number of nitrogens with zero attached hydrogens (tertiary/aromatic N) is 1. The molecular weight excluding hydrogens is 469 g/mol. The molecular formula is C21H34IN3O3. The lowest BCUT2D eigenvalue weighted by atomic mass is 10.1. The molecule has 2 aliphatic rings. The van der Waals surface area contributed by atoms with Crippen molar-refractivity contribution >= 4 is 29.9 Å². The highest BCUT2D eigenvalue weighted by Crippen LogP contribution is 2.15. The number of benzene rings is 1. The van der Waals surface area contributed by atoms with E-state index >= 15 is 0 Å². The van der Waals surface area contributed by atoms with E-state index in [9.17, 15) is 0 Å². The molecule has 0 spiro atoms. The molecule has 3 rings (SSSR count). The quantitative estimate of drug-likeness (QED) is 0.324. The summed E-state index contributed by atoms with van der Waals surface area (Å²) in [5, 5.41) is 6.70. The van der Waals surface area contributed by atoms with Gasteiger partial charge < -0.3 is 24.8 Å². The van der Waals surface area contributed by atoms with Gasteiger partial charge in [0.1, 0.15) is 0 Å². The lowest BCUT2D eigenvalue weighted by Crippen LogP contribution is -2.41. The van der Waals surface area contributed by atoms with Gasteiger partial charge in [-0.2, -0.15) is 0 Å². The standard InChI is InChI=1S/C21H33N3O3.HI/c1-2-22-21(24-15-20-7-4-10-26-20)23-14-17-5-3-6-18(13-17)16-27-19-8-11-25-12-9-19;/h3,5-6,13,19-20H,2,4,7-12,14-16H2,1H3,(H2,22,23,24);1H. The van der Waals surface area contributed by atoms with Crippen molar-refractivity contribution in [2.45, 2.75) is 58.0 Å². The fourth-order valence-corrected chi connectivity index (χ4v) is 3.40. The van der Waals surface area contributed by atoms with Gasteiger partial charge in [-0.1, -0.05) is 24.3 Å². The number of nitrogens with one attached hydrogen (secondary N) is 2. The molecule has 0 aliphatic carbocycles. The van der Waals surface area contributed by atoms with Gasteiger partial charge in [-0.15, -0.1) is 24.0 Å². The summed E-state index contributed by atoms with van der Waals surface area (Å²) in [5.74, 6) is 0.844. The van der Waals surface area contributed by atoms with E-state index in [2.05, 4.69) is 41.8 Å². The SMILES string of the molecule is CCNC(=NCc1cccc(COC2CCOCC2)c1)NCC1CCCO1.I. The molecule has 2 N–H and O–H groups in total. The van der Waals surface area contributed by atoms with Crippen molar-refractivity contribution < 1.29 is 14.2 Å². The van der Waals surface area contributed by atoms with Crippen LogP contribution < -0.4 is 10.6 Å². The van der Waals surface area contributed by atoms with Crippen LogP contribution in [0.4, 0.5) is 0 Å². The molecule has 6 nitrogen and oxygen atoms in total. The van der Waals surface area contributed by atoms with Crippen molar-refractivity contribution in [1.82, 2.24) is 10.6 Å². The van der Waals surface area contributed by atoms with Gasteiger partial charge in [0.25, 0.3) is 0 Å². The zero-order valence-electron chi connectivity index (χ0n) is 16.8. The van der Waals surface area contributed by atoms with E-state index < -0.39 is 0 Å². The maximum Gasteiger partial charge on any atom is 0.191 e. The molecule has 28 heavy (non-hydrogen) atoms. The molecule has 0 aromatic heterocycles. The average molecular weight is 503 g/mol. The minimum Gasteiger partial charge on any atom is -0.381 e. The van der Waals surface area contributed by atoms with Gasteiger partial charge in [0, 0.05) is 32.9 Å². The normalized spacial score (nSPS) is 20.6. The number of halogens is 1. The van der Waals surface area contributed by atoms with Crippen molar-refractivity contribution in [2.75, 3.05) is 32.9 Å². The summed E-state index contributed by atoms with van der Waals surface area (Å²) in [5.41, 5.74) is 2.39. The van der Waals surface area contributed by atoms with E-state index in [1.54, 1.807) is 0 Å². The number of hydrogen-bond acceptors (Lipinski definition) is 4. The first-order valence-corrected chi connectivity index (χ1v) is 10.2. The monoisotopic (exact) mass is 503 g/mol. The summed E-state index contributed by atoms with van der Waals surface area (Å²) < 4.78 is 17.1. The smallest absolute Gasteiger partial charge is 0.191 e. The van der Waals surface area contributed by atoms with Crippen LogP contribution in [-0.4, -0.2) is 51.1 Å². The molecule has 0 saturated carbocycles. The van der Waals surface area contributed by atoms with Gasteiger partial charge in [-0.25, -0.2) is 4.99 Å². The van der Waals surface area contributed by atoms with E-state index in [-0.39, 0.29) is 24.0 Å². The Balaban J connectivity index is 0.00000280. The average Bonchev–Trinajstić information content (AvgIpc) is 3.23. The molecule has 0 amide bonds. The van der Waals surface area contributed by atoms with Crippen LogP contribution in [0.15, 0.2) is 29.3 Å². The lowest BCUT2D eigenvalue weighted by Gasteiger charge is -2.22. The van der Waals surface area contributed by atoms with Crippen LogP contribution in [0.2, 0.25) is 0 Å². The number of ether oxygens (including phenoxy) is 3. The third-order valence-corrected chi connectivity index (χ3v) is 4.93. The third-order valence-electron chi connectivity index (χ3n) is 4.93. The number of rotatable bonds is 8. The number of hydrogen-bond donors (Lipinski definition) is 2. The van der Waals surface area contributed by atoms with Gasteiger partial charge in [0.2, 0.25) is 0 Å². The van der Waals surface area contributed by atoms with Crippen LogP contribution in [0.5, 0.6) is 0 Å². The Morgan fingerprint density at radius 1 is 1.14 bits per heavy atom. The molecule has 2 aliphatic heterocycles. The van der Waals surface area contributed by atoms with E-state index in [0.717, 1.165) is 64.6 Å². The number of guanidine groups is 1. The first-order chi connectivity index (χ1) is 13.3. The highest BCUT2D eigenvalue weighted by atomic mass is 127. The second-order valence-electron chi connectivity index (χ2n) is 7.15. The van der Waals surface area contributed by atoms with Gasteiger partial charge in [0.15, 0.2) is 5.96 Å². The predicted octanol–water partition coefficient (Wildman–Crippen LogP) is 3.23. The molecule has 2 saturated heterocycles. The largest absolute Gasteiger partial charge is 0.381 e. The van der Waals surface area contributed by atoms with Crippen molar-refractivity contribution in [3.63, 3.8) is 0 Å². The molecule has 7 heteroatoms. The molecule has 0 bridgehead atoms. The molecule has 1 aromatic rings. The van der Waals surface area contributed by atoms with Crippen molar-refractivity contribution in [1.29, 1.82) is 0 Å². The van der Waals surface area contributed by atoms with Crippen molar-refractivity contribution in [3.05, 3.63) is 35.4 Å². The van der Waals surface area contributed by atoms with E-state index in [1.165, 1.54) is 11.1 Å². The van der Waals surface area contributed by atoms with Gasteiger partial charge >= 0.3 is 0 Å². The first kappa shape index (κ1) is 23.4. The Kier molecular flexibility index (Phi) is 11.1. The maximum atomic E-state index is 6.03. The van der Waals surface area contributed by atoms with E-state index in [1.807, 2.05) is 0 Å². The Bertz CT molecular complexity index is 588. The molecule has 1 aromatic carbocycles. The molecule has 0 radical (unpaired) electrons. The van der Waals surface area contributed by atoms with Gasteiger partial charge in [-0.3, -0.25) is 0 Å². The van der Waals surface area contributed by atoms with Crippen molar-refractivity contribution in [2.24, 2.45) is 4.99 Å². The molecule has 2 heterocycles. The minimum atomic E-state index is 0. The van der Waals surface area contributed by atoms with Crippen LogP contribution in [0.1, 0.15) is 43.7 Å². The highest BCUT2D eigenvalue weighted by molar-refractivity contribution is 14.0. The predicted molar refractivity (Wildman–Crippen MR) is 122 cm³/mol. The summed E-state index contributed by atoms with van der Waals surface area (Å²) in [7, 11) is 0. The highest BCUT2D eigenvalue weighted by Gasteiger charge is 2.16. The minimum absolute atomic E-state index is 0. The fraction of sp³-hybridized carbons (Fsp3) is 0.667. The van der Waals surface area contributed by atoms with E-state index in [0.29, 0.717) is 25.4 Å². The van der Waals surface area contributed by atoms with Crippen LogP contribution in [0, 0.1) is 0 Å². The summed E-state index contributed by atoms with van der Waals surface area (Å²) in [6.45, 7) is 7.53. The molecule has 1 unspecified atom stereocenters. The second-order valence-corrected chi connectivity index (χ2v) is 7.15. The van der Waals surface area contributed by atoms with Crippen LogP contribution >= 0.6 is 24.0 Å². The molecule has 2 fully saturated rings. The second kappa shape index (κ2) is 13.3. The Morgan fingerprint density at radius 3 is 2.71 bits per heavy atom. The van der Waals surface area contributed by atoms with Crippen LogP contribution in [0.3, 0.4) is 0 Å². The molecule has 158 valence electrons.